The van der Waals surface area contributed by atoms with Crippen LogP contribution in [0.3, 0.4) is 0 Å². The number of carbonyl (C=O) groups is 2. The third-order valence-electron chi connectivity index (χ3n) is 6.55. The molecule has 0 saturated carbocycles. The Morgan fingerprint density at radius 3 is 0.878 bits per heavy atom. The van der Waals surface area contributed by atoms with Crippen molar-refractivity contribution in [2.24, 2.45) is 0 Å². The second kappa shape index (κ2) is 21.5. The fourth-order valence-electron chi connectivity index (χ4n) is 4.21. The molecular weight excluding hydrogens is 650 g/mol. The molecule has 3 N–H and O–H groups in total. The molecule has 0 aromatic heterocycles. The average molecular weight is 691 g/mol. The first-order valence-electron chi connectivity index (χ1n) is 13.9. The molecule has 2 aliphatic rings. The Bertz CT molecular complexity index is 1410. The van der Waals surface area contributed by atoms with Gasteiger partial charge in [0.2, 0.25) is 11.5 Å². The average Bonchev–Trinajstić information content (AvgIpc) is 3.09. The summed E-state index contributed by atoms with van der Waals surface area (Å²) in [5, 5.41) is 27.5. The van der Waals surface area contributed by atoms with Gasteiger partial charge in [0.05, 0.1) is 56.9 Å². The zero-order valence-corrected chi connectivity index (χ0v) is 31.3. The molecule has 0 spiro atoms. The Morgan fingerprint density at radius 1 is 0.510 bits per heavy atom. The quantitative estimate of drug-likeness (QED) is 0.320. The molecule has 15 heteroatoms. The number of aliphatic hydroxyl groups excluding tert-OH is 1. The topological polar surface area (TPSA) is 169 Å². The summed E-state index contributed by atoms with van der Waals surface area (Å²) in [6.45, 7) is 1.93. The van der Waals surface area contributed by atoms with Gasteiger partial charge in [-0.25, -0.2) is 0 Å². The summed E-state index contributed by atoms with van der Waals surface area (Å²) in [7, 11) is 11.4. The molecule has 2 aromatic rings. The number of phenols is 2. The van der Waals surface area contributed by atoms with Crippen LogP contribution in [-0.2, 0) is 28.5 Å². The van der Waals surface area contributed by atoms with E-state index in [1.807, 2.05) is 0 Å². The number of benzene rings is 2. The van der Waals surface area contributed by atoms with E-state index in [1.54, 1.807) is 55.5 Å². The van der Waals surface area contributed by atoms with Crippen molar-refractivity contribution in [2.75, 3.05) is 63.5 Å². The maximum atomic E-state index is 12.0. The maximum absolute atomic E-state index is 12.0. The van der Waals surface area contributed by atoms with Gasteiger partial charge in [0.15, 0.2) is 46.0 Å². The van der Waals surface area contributed by atoms with Crippen LogP contribution in [0.1, 0.15) is 8.35 Å². The number of Topliss-reactive ketones (excluding diaryl/α,β-unsaturated/α-hetero) is 2. The Hall–Kier alpha value is -4.50. The molecule has 49 heavy (non-hydrogen) atoms. The van der Waals surface area contributed by atoms with Crippen LogP contribution in [0.5, 0.6) is 34.5 Å². The van der Waals surface area contributed by atoms with Crippen molar-refractivity contribution in [1.29, 1.82) is 0 Å². The summed E-state index contributed by atoms with van der Waals surface area (Å²) in [4.78, 5) is 23.9. The van der Waals surface area contributed by atoms with Crippen LogP contribution >= 0.6 is 0 Å². The molecule has 13 nitrogen and oxygen atoms in total. The molecule has 0 aliphatic heterocycles. The molecular formula is C34H41BNaO13. The minimum atomic E-state index is -0.340. The molecule has 0 heterocycles. The van der Waals surface area contributed by atoms with Crippen LogP contribution < -0.4 is 48.5 Å². The smallest absolute Gasteiger partial charge is 1.00 e. The number of ether oxygens (including phenoxy) is 8. The predicted octanol–water partition coefficient (Wildman–Crippen LogP) is 1.10. The minimum Gasteiger partial charge on any atom is -1.00 e. The van der Waals surface area contributed by atoms with Crippen molar-refractivity contribution in [1.82, 2.24) is 0 Å². The van der Waals surface area contributed by atoms with Crippen molar-refractivity contribution >= 4 is 20.0 Å². The van der Waals surface area contributed by atoms with Crippen molar-refractivity contribution in [2.45, 2.75) is 6.92 Å². The molecule has 2 aromatic carbocycles. The van der Waals surface area contributed by atoms with E-state index in [-0.39, 0.29) is 115 Å². The first-order chi connectivity index (χ1) is 22.5. The number of methoxy groups -OCH3 is 8. The SMILES string of the molecule is CCO.COC1=CC(=C2C=C(OC)C(=O)C(OC)=C2)C=C(OC)C1=O.COc1cc(-c2cc(OC)c(O)c(OC)c2)cc(OC)c1O.[B].[H-].[Na+]. The number of phenolic OH excluding ortho intramolecular Hbond substituents is 2. The maximum Gasteiger partial charge on any atom is 1.00 e. The van der Waals surface area contributed by atoms with Gasteiger partial charge in [0, 0.05) is 15.0 Å². The van der Waals surface area contributed by atoms with Gasteiger partial charge in [-0.2, -0.15) is 0 Å². The van der Waals surface area contributed by atoms with E-state index in [9.17, 15) is 19.8 Å². The molecule has 4 rings (SSSR count). The summed E-state index contributed by atoms with van der Waals surface area (Å²) < 4.78 is 40.9. The number of carbonyl (C=O) groups excluding carboxylic acids is 2. The normalized spacial score (nSPS) is 13.1. The van der Waals surface area contributed by atoms with Crippen LogP contribution in [0, 0.1) is 0 Å². The Kier molecular flexibility index (Phi) is 19.5. The van der Waals surface area contributed by atoms with E-state index in [1.165, 1.54) is 56.9 Å². The number of hydrogen-bond acceptors (Lipinski definition) is 13. The van der Waals surface area contributed by atoms with Crippen molar-refractivity contribution in [3.05, 3.63) is 82.8 Å². The fourth-order valence-corrected chi connectivity index (χ4v) is 4.21. The van der Waals surface area contributed by atoms with E-state index < -0.39 is 0 Å². The number of aromatic hydroxyl groups is 2. The minimum absolute atomic E-state index is 0. The molecule has 0 atom stereocenters. The van der Waals surface area contributed by atoms with Crippen molar-refractivity contribution in [3.8, 4) is 45.6 Å². The number of rotatable bonds is 9. The first kappa shape index (κ1) is 44.5. The van der Waals surface area contributed by atoms with Gasteiger partial charge in [-0.15, -0.1) is 0 Å². The Balaban J connectivity index is 0. The van der Waals surface area contributed by atoms with E-state index in [0.717, 1.165) is 0 Å². The summed E-state index contributed by atoms with van der Waals surface area (Å²) in [6.07, 6.45) is 6.29. The Morgan fingerprint density at radius 2 is 0.714 bits per heavy atom. The van der Waals surface area contributed by atoms with Crippen LogP contribution in [0.15, 0.2) is 82.8 Å². The molecule has 3 radical (unpaired) electrons. The summed E-state index contributed by atoms with van der Waals surface area (Å²) >= 11 is 0. The fraction of sp³-hybridized carbons (Fsp3) is 0.294. The van der Waals surface area contributed by atoms with Crippen LogP contribution in [0.4, 0.5) is 0 Å². The van der Waals surface area contributed by atoms with Gasteiger partial charge in [0.25, 0.3) is 11.6 Å². The number of allylic oxidation sites excluding steroid dienone is 6. The van der Waals surface area contributed by atoms with Gasteiger partial charge in [0.1, 0.15) is 0 Å². The molecule has 0 saturated heterocycles. The van der Waals surface area contributed by atoms with Crippen LogP contribution in [0.2, 0.25) is 0 Å². The molecule has 259 valence electrons. The zero-order valence-electron chi connectivity index (χ0n) is 30.3. The summed E-state index contributed by atoms with van der Waals surface area (Å²) in [5.41, 5.74) is 2.71. The van der Waals surface area contributed by atoms with E-state index >= 15 is 0 Å². The largest absolute Gasteiger partial charge is 1.00 e. The molecule has 0 fully saturated rings. The van der Waals surface area contributed by atoms with Crippen LogP contribution in [-0.4, -0.2) is 98.8 Å². The molecule has 0 unspecified atom stereocenters. The number of hydrogen-bond donors (Lipinski definition) is 3. The van der Waals surface area contributed by atoms with Crippen molar-refractivity contribution in [3.63, 3.8) is 0 Å². The molecule has 0 amide bonds. The van der Waals surface area contributed by atoms with E-state index in [2.05, 4.69) is 0 Å². The summed E-state index contributed by atoms with van der Waals surface area (Å²) in [6, 6.07) is 6.62. The second-order valence-electron chi connectivity index (χ2n) is 9.19. The number of aliphatic hydroxyl groups is 1. The zero-order chi connectivity index (χ0) is 35.3. The molecule has 2 aliphatic carbocycles. The first-order valence-corrected chi connectivity index (χ1v) is 13.9. The van der Waals surface area contributed by atoms with E-state index in [0.29, 0.717) is 22.3 Å². The van der Waals surface area contributed by atoms with Gasteiger partial charge in [-0.3, -0.25) is 9.59 Å². The van der Waals surface area contributed by atoms with Gasteiger partial charge in [-0.1, -0.05) is 0 Å². The van der Waals surface area contributed by atoms with E-state index in [4.69, 9.17) is 43.0 Å². The van der Waals surface area contributed by atoms with Gasteiger partial charge >= 0.3 is 29.6 Å². The molecule has 0 bridgehead atoms. The third-order valence-corrected chi connectivity index (χ3v) is 6.55. The summed E-state index contributed by atoms with van der Waals surface area (Å²) in [5.74, 6) is 0.884. The predicted molar refractivity (Wildman–Crippen MR) is 178 cm³/mol. The van der Waals surface area contributed by atoms with Gasteiger partial charge < -0.3 is 54.6 Å². The van der Waals surface area contributed by atoms with Crippen molar-refractivity contribution < 1.29 is 93.8 Å². The Labute approximate surface area is 311 Å². The van der Waals surface area contributed by atoms with Crippen LogP contribution in [0.25, 0.3) is 11.1 Å². The standard InChI is InChI=1S/C16H18O6.C16H16O6.C2H6O.B.Na.H/c2*1-19-11-5-9(6-12(20-2)15(11)17)10-7-13(21-3)16(18)14(8-10)22-4;1-2-3;;;/h5-8,17-18H,1-4H3;5-8H,1-4H3;3H,2H2,1H3;;;/q;;;;+1;-1. The monoisotopic (exact) mass is 691 g/mol. The van der Waals surface area contributed by atoms with Gasteiger partial charge in [-0.05, 0) is 77.8 Å². The third kappa shape index (κ3) is 10.7. The number of ketones is 2. The second-order valence-corrected chi connectivity index (χ2v) is 9.19.